The van der Waals surface area contributed by atoms with E-state index >= 15 is 0 Å². The maximum absolute atomic E-state index is 11.3. The Morgan fingerprint density at radius 3 is 1.18 bits per heavy atom. The molecule has 0 aromatic carbocycles. The Hall–Kier alpha value is 0.310. The first-order chi connectivity index (χ1) is 4.71. The zero-order chi connectivity index (χ0) is 9.12. The van der Waals surface area contributed by atoms with Gasteiger partial charge in [0.2, 0.25) is 8.86 Å². The van der Waals surface area contributed by atoms with Crippen LogP contribution >= 0.6 is 0 Å². The number of rotatable bonds is 2. The SMILES string of the molecule is FC(F)(F)C[I+]CC(F)(F)F. The van der Waals surface area contributed by atoms with Crippen molar-refractivity contribution in [1.82, 2.24) is 0 Å². The van der Waals surface area contributed by atoms with Crippen molar-refractivity contribution in [1.29, 1.82) is 0 Å². The van der Waals surface area contributed by atoms with Crippen LogP contribution in [0.1, 0.15) is 0 Å². The van der Waals surface area contributed by atoms with E-state index in [9.17, 15) is 26.3 Å². The Morgan fingerprint density at radius 1 is 0.727 bits per heavy atom. The Kier molecular flexibility index (Phi) is 3.92. The Balaban J connectivity index is 3.44. The van der Waals surface area contributed by atoms with Gasteiger partial charge in [0.15, 0.2) is 0 Å². The molecule has 0 heterocycles. The summed E-state index contributed by atoms with van der Waals surface area (Å²) in [6, 6.07) is 0. The molecule has 0 aromatic heterocycles. The van der Waals surface area contributed by atoms with Crippen molar-refractivity contribution in [3.8, 4) is 0 Å². The van der Waals surface area contributed by atoms with E-state index in [0.29, 0.717) is 0 Å². The average molecular weight is 293 g/mol. The molecule has 0 N–H and O–H groups in total. The monoisotopic (exact) mass is 293 g/mol. The highest BCUT2D eigenvalue weighted by molar-refractivity contribution is 4.45. The lowest BCUT2D eigenvalue weighted by Gasteiger charge is -1.97. The molecule has 7 heteroatoms. The van der Waals surface area contributed by atoms with Crippen LogP contribution in [0.15, 0.2) is 0 Å². The van der Waals surface area contributed by atoms with Gasteiger partial charge in [-0.15, -0.1) is 0 Å². The van der Waals surface area contributed by atoms with E-state index in [-0.39, 0.29) is 0 Å². The first-order valence-corrected chi connectivity index (χ1v) is 5.43. The third-order valence-electron chi connectivity index (χ3n) is 0.492. The largest absolute Gasteiger partial charge is 0.432 e. The van der Waals surface area contributed by atoms with E-state index in [1.807, 2.05) is 0 Å². The standard InChI is InChI=1S/C4H4F6I/c5-3(6,7)1-11-2-4(8,9)10/h1-2H2/q+1. The van der Waals surface area contributed by atoms with Crippen LogP contribution in [0, 0.1) is 0 Å². The maximum Gasteiger partial charge on any atom is 0.432 e. The van der Waals surface area contributed by atoms with Crippen LogP contribution in [-0.4, -0.2) is 21.2 Å². The predicted molar refractivity (Wildman–Crippen MR) is 21.8 cm³/mol. The second-order valence-corrected chi connectivity index (χ2v) is 4.29. The topological polar surface area (TPSA) is 0 Å². The normalized spacial score (nSPS) is 13.6. The van der Waals surface area contributed by atoms with Crippen LogP contribution in [0.4, 0.5) is 26.3 Å². The highest BCUT2D eigenvalue weighted by atomic mass is 127. The zero-order valence-corrected chi connectivity index (χ0v) is 7.22. The minimum atomic E-state index is -4.43. The van der Waals surface area contributed by atoms with Gasteiger partial charge in [0.05, 0.1) is 0 Å². The van der Waals surface area contributed by atoms with Gasteiger partial charge in [-0.2, -0.15) is 26.3 Å². The number of halogens is 7. The highest BCUT2D eigenvalue weighted by Crippen LogP contribution is 2.11. The van der Waals surface area contributed by atoms with Crippen molar-refractivity contribution < 1.29 is 47.5 Å². The maximum atomic E-state index is 11.3. The molecule has 0 aromatic rings. The smallest absolute Gasteiger partial charge is 0.166 e. The molecule has 0 bridgehead atoms. The van der Waals surface area contributed by atoms with Gasteiger partial charge < -0.3 is 0 Å². The van der Waals surface area contributed by atoms with Crippen LogP contribution in [0.5, 0.6) is 0 Å². The molecule has 68 valence electrons. The Labute approximate surface area is 69.2 Å². The van der Waals surface area contributed by atoms with Crippen molar-refractivity contribution >= 4 is 0 Å². The summed E-state index contributed by atoms with van der Waals surface area (Å²) in [5.74, 6) is 0. The van der Waals surface area contributed by atoms with E-state index in [0.717, 1.165) is 0 Å². The van der Waals surface area contributed by atoms with Gasteiger partial charge >= 0.3 is 12.4 Å². The second-order valence-electron chi connectivity index (χ2n) is 1.69. The third-order valence-corrected chi connectivity index (χ3v) is 3.30. The molecule has 0 atom stereocenters. The summed E-state index contributed by atoms with van der Waals surface area (Å²) in [4.78, 5) is 0. The summed E-state index contributed by atoms with van der Waals surface area (Å²) < 4.78 is 65.2. The van der Waals surface area contributed by atoms with Crippen LogP contribution < -0.4 is 21.2 Å². The predicted octanol–water partition coefficient (Wildman–Crippen LogP) is -0.800. The minimum Gasteiger partial charge on any atom is -0.166 e. The molecule has 0 nitrogen and oxygen atoms in total. The summed E-state index contributed by atoms with van der Waals surface area (Å²) in [6.45, 7) is 0. The van der Waals surface area contributed by atoms with Crippen molar-refractivity contribution in [3.05, 3.63) is 0 Å². The molecular formula is C4H4F6I+. The van der Waals surface area contributed by atoms with Crippen molar-refractivity contribution in [2.45, 2.75) is 12.4 Å². The average Bonchev–Trinajstić information content (AvgIpc) is 1.55. The van der Waals surface area contributed by atoms with Gasteiger partial charge in [-0.25, -0.2) is 0 Å². The van der Waals surface area contributed by atoms with Crippen LogP contribution in [0.2, 0.25) is 0 Å². The van der Waals surface area contributed by atoms with E-state index < -0.39 is 42.4 Å². The molecule has 0 aliphatic carbocycles. The minimum absolute atomic E-state index is 1.26. The van der Waals surface area contributed by atoms with Crippen molar-refractivity contribution in [2.75, 3.05) is 8.86 Å². The number of hydrogen-bond donors (Lipinski definition) is 0. The summed E-state index contributed by atoms with van der Waals surface area (Å²) in [5.41, 5.74) is 0. The highest BCUT2D eigenvalue weighted by Gasteiger charge is 2.42. The van der Waals surface area contributed by atoms with Gasteiger partial charge in [-0.05, 0) is 0 Å². The Morgan fingerprint density at radius 2 is 1.00 bits per heavy atom. The Bertz CT molecular complexity index is 98.7. The van der Waals surface area contributed by atoms with Crippen LogP contribution in [0.25, 0.3) is 0 Å². The molecular weight excluding hydrogens is 289 g/mol. The number of alkyl halides is 8. The lowest BCUT2D eigenvalue weighted by molar-refractivity contribution is -0.694. The quantitative estimate of drug-likeness (QED) is 0.355. The summed E-state index contributed by atoms with van der Waals surface area (Å²) >= 11 is -1.80. The molecule has 0 rings (SSSR count). The molecule has 0 fully saturated rings. The van der Waals surface area contributed by atoms with Gasteiger partial charge in [0.1, 0.15) is 0 Å². The number of hydrogen-bond acceptors (Lipinski definition) is 0. The second kappa shape index (κ2) is 3.81. The molecule has 0 radical (unpaired) electrons. The fourth-order valence-corrected chi connectivity index (χ4v) is 1.75. The van der Waals surface area contributed by atoms with E-state index in [1.54, 1.807) is 0 Å². The fraction of sp³-hybridized carbons (Fsp3) is 1.00. The van der Waals surface area contributed by atoms with Gasteiger partial charge in [0, 0.05) is 0 Å². The van der Waals surface area contributed by atoms with Crippen LogP contribution in [-0.2, 0) is 0 Å². The van der Waals surface area contributed by atoms with E-state index in [2.05, 4.69) is 0 Å². The first kappa shape index (κ1) is 11.3. The zero-order valence-electron chi connectivity index (χ0n) is 5.06. The van der Waals surface area contributed by atoms with Crippen LogP contribution in [0.3, 0.4) is 0 Å². The molecule has 0 amide bonds. The molecule has 0 saturated carbocycles. The van der Waals surface area contributed by atoms with Crippen molar-refractivity contribution in [3.63, 3.8) is 0 Å². The molecule has 0 spiro atoms. The van der Waals surface area contributed by atoms with Gasteiger partial charge in [0.25, 0.3) is 21.2 Å². The van der Waals surface area contributed by atoms with E-state index in [4.69, 9.17) is 0 Å². The summed E-state index contributed by atoms with van der Waals surface area (Å²) in [6.07, 6.45) is -8.86. The lowest BCUT2D eigenvalue weighted by Crippen LogP contribution is -3.65. The lowest BCUT2D eigenvalue weighted by atomic mass is 10.8. The molecule has 0 aliphatic rings. The summed E-state index contributed by atoms with van der Waals surface area (Å²) in [7, 11) is 0. The van der Waals surface area contributed by atoms with Gasteiger partial charge in [-0.3, -0.25) is 0 Å². The molecule has 11 heavy (non-hydrogen) atoms. The molecule has 0 saturated heterocycles. The fourth-order valence-electron chi connectivity index (χ4n) is 0.262. The first-order valence-electron chi connectivity index (χ1n) is 2.38. The van der Waals surface area contributed by atoms with Gasteiger partial charge in [-0.1, -0.05) is 0 Å². The third kappa shape index (κ3) is 10.3. The molecule has 0 aliphatic heterocycles. The van der Waals surface area contributed by atoms with E-state index in [1.165, 1.54) is 0 Å². The van der Waals surface area contributed by atoms with Crippen molar-refractivity contribution in [2.24, 2.45) is 0 Å². The molecule has 0 unspecified atom stereocenters. The summed E-state index contributed by atoms with van der Waals surface area (Å²) in [5, 5.41) is 0.